The van der Waals surface area contributed by atoms with Crippen molar-refractivity contribution in [1.82, 2.24) is 0 Å². The zero-order valence-electron chi connectivity index (χ0n) is 17.3. The lowest BCUT2D eigenvalue weighted by atomic mass is 10.1. The fourth-order valence-electron chi connectivity index (χ4n) is 3.64. The van der Waals surface area contributed by atoms with E-state index in [1.807, 2.05) is 78.5 Å². The predicted octanol–water partition coefficient (Wildman–Crippen LogP) is 7.88. The number of carbonyl (C=O) groups excluding carboxylic acids is 1. The smallest absolute Gasteiger partial charge is 0.343 e. The fraction of sp³-hybridized carbons (Fsp3) is 0.222. The van der Waals surface area contributed by atoms with Gasteiger partial charge in [0.15, 0.2) is 0 Å². The molecule has 0 bridgehead atoms. The Hall–Kier alpha value is -2.78. The van der Waals surface area contributed by atoms with Gasteiger partial charge in [-0.2, -0.15) is 0 Å². The third-order valence-corrected chi connectivity index (χ3v) is 6.45. The van der Waals surface area contributed by atoms with E-state index < -0.39 is 0 Å². The summed E-state index contributed by atoms with van der Waals surface area (Å²) in [6, 6.07) is 25.9. The molecule has 4 aromatic carbocycles. The number of ether oxygens (including phenoxy) is 1. The largest absolute Gasteiger partial charge is 0.422 e. The molecule has 30 heavy (non-hydrogen) atoms. The highest BCUT2D eigenvalue weighted by Crippen LogP contribution is 2.35. The molecule has 0 radical (unpaired) electrons. The van der Waals surface area contributed by atoms with Gasteiger partial charge in [-0.25, -0.2) is 4.79 Å². The average Bonchev–Trinajstić information content (AvgIpc) is 2.79. The molecule has 2 nitrogen and oxygen atoms in total. The Morgan fingerprint density at radius 2 is 1.57 bits per heavy atom. The maximum absolute atomic E-state index is 12.8. The van der Waals surface area contributed by atoms with E-state index in [-0.39, 0.29) is 5.97 Å². The van der Waals surface area contributed by atoms with Crippen LogP contribution in [0.2, 0.25) is 0 Å². The Labute approximate surface area is 182 Å². The number of rotatable bonds is 8. The van der Waals surface area contributed by atoms with Gasteiger partial charge < -0.3 is 4.74 Å². The Balaban J connectivity index is 1.55. The Morgan fingerprint density at radius 3 is 2.40 bits per heavy atom. The first-order valence-electron chi connectivity index (χ1n) is 10.6. The summed E-state index contributed by atoms with van der Waals surface area (Å²) in [6.45, 7) is 2.23. The number of fused-ring (bicyclic) bond motifs is 2. The number of hydrogen-bond acceptors (Lipinski definition) is 3. The average molecular weight is 415 g/mol. The van der Waals surface area contributed by atoms with E-state index in [4.69, 9.17) is 4.74 Å². The van der Waals surface area contributed by atoms with Gasteiger partial charge in [0.2, 0.25) is 0 Å². The Bertz CT molecular complexity index is 1170. The molecule has 0 aliphatic rings. The zero-order valence-corrected chi connectivity index (χ0v) is 18.1. The number of carbonyl (C=O) groups is 1. The van der Waals surface area contributed by atoms with E-state index in [1.165, 1.54) is 30.6 Å². The van der Waals surface area contributed by atoms with Crippen molar-refractivity contribution in [3.63, 3.8) is 0 Å². The van der Waals surface area contributed by atoms with E-state index in [2.05, 4.69) is 19.1 Å². The van der Waals surface area contributed by atoms with Gasteiger partial charge in [-0.3, -0.25) is 0 Å². The van der Waals surface area contributed by atoms with Crippen molar-refractivity contribution in [2.45, 2.75) is 37.5 Å². The second kappa shape index (κ2) is 9.82. The number of esters is 1. The zero-order chi connectivity index (χ0) is 20.8. The van der Waals surface area contributed by atoms with Gasteiger partial charge in [0.1, 0.15) is 5.75 Å². The normalized spacial score (nSPS) is 11.1. The minimum absolute atomic E-state index is 0.328. The van der Waals surface area contributed by atoms with E-state index in [9.17, 15) is 4.79 Å². The topological polar surface area (TPSA) is 26.3 Å². The summed E-state index contributed by atoms with van der Waals surface area (Å²) in [7, 11) is 0. The van der Waals surface area contributed by atoms with Crippen LogP contribution in [0, 0.1) is 0 Å². The molecule has 0 heterocycles. The van der Waals surface area contributed by atoms with Gasteiger partial charge in [-0.05, 0) is 52.6 Å². The summed E-state index contributed by atoms with van der Waals surface area (Å²) in [5.74, 6) is 1.39. The molecule has 3 heteroatoms. The van der Waals surface area contributed by atoms with Crippen molar-refractivity contribution in [2.24, 2.45) is 0 Å². The van der Waals surface area contributed by atoms with E-state index in [0.717, 1.165) is 27.3 Å². The lowest BCUT2D eigenvalue weighted by Gasteiger charge is -2.12. The number of hydrogen-bond donors (Lipinski definition) is 0. The Kier molecular flexibility index (Phi) is 6.70. The summed E-state index contributed by atoms with van der Waals surface area (Å²) < 4.78 is 5.83. The number of benzene rings is 4. The molecule has 152 valence electrons. The molecule has 4 rings (SSSR count). The first-order valence-corrected chi connectivity index (χ1v) is 11.6. The minimum atomic E-state index is -0.328. The summed E-state index contributed by atoms with van der Waals surface area (Å²) in [5.41, 5.74) is 0.562. The summed E-state index contributed by atoms with van der Waals surface area (Å²) in [5, 5.41) is 4.26. The van der Waals surface area contributed by atoms with Crippen LogP contribution >= 0.6 is 11.8 Å². The molecular weight excluding hydrogens is 388 g/mol. The van der Waals surface area contributed by atoms with Crippen molar-refractivity contribution >= 4 is 39.3 Å². The van der Waals surface area contributed by atoms with Crippen molar-refractivity contribution < 1.29 is 9.53 Å². The molecule has 0 N–H and O–H groups in total. The third kappa shape index (κ3) is 4.68. The van der Waals surface area contributed by atoms with Crippen LogP contribution in [-0.4, -0.2) is 11.7 Å². The SMILES string of the molecule is CCCCCCSc1ccc(OC(=O)c2ccc3ccccc3c2)c2ccccc12. The highest BCUT2D eigenvalue weighted by molar-refractivity contribution is 7.99. The molecule has 0 aliphatic carbocycles. The van der Waals surface area contributed by atoms with E-state index >= 15 is 0 Å². The molecule has 0 aliphatic heterocycles. The molecule has 0 atom stereocenters. The van der Waals surface area contributed by atoms with Crippen molar-refractivity contribution in [3.8, 4) is 5.75 Å². The fourth-order valence-corrected chi connectivity index (χ4v) is 4.71. The monoisotopic (exact) mass is 414 g/mol. The second-order valence-corrected chi connectivity index (χ2v) is 8.60. The molecule has 0 fully saturated rings. The molecule has 0 spiro atoms. The maximum atomic E-state index is 12.8. The van der Waals surface area contributed by atoms with Gasteiger partial charge in [0, 0.05) is 10.3 Å². The minimum Gasteiger partial charge on any atom is -0.422 e. The molecule has 0 saturated heterocycles. The molecule has 0 unspecified atom stereocenters. The highest BCUT2D eigenvalue weighted by atomic mass is 32.2. The summed E-state index contributed by atoms with van der Waals surface area (Å²) in [4.78, 5) is 14.1. The number of unbranched alkanes of at least 4 members (excludes halogenated alkanes) is 3. The van der Waals surface area contributed by atoms with Crippen molar-refractivity contribution in [3.05, 3.63) is 84.4 Å². The van der Waals surface area contributed by atoms with Crippen LogP contribution in [0.5, 0.6) is 5.75 Å². The lowest BCUT2D eigenvalue weighted by Crippen LogP contribution is -2.08. The quantitative estimate of drug-likeness (QED) is 0.127. The van der Waals surface area contributed by atoms with Crippen LogP contribution in [-0.2, 0) is 0 Å². The van der Waals surface area contributed by atoms with Crippen LogP contribution in [0.1, 0.15) is 43.0 Å². The van der Waals surface area contributed by atoms with Crippen LogP contribution in [0.3, 0.4) is 0 Å². The van der Waals surface area contributed by atoms with E-state index in [0.29, 0.717) is 11.3 Å². The molecule has 0 amide bonds. The predicted molar refractivity (Wildman–Crippen MR) is 128 cm³/mol. The van der Waals surface area contributed by atoms with Gasteiger partial charge in [0.25, 0.3) is 0 Å². The van der Waals surface area contributed by atoms with Gasteiger partial charge >= 0.3 is 5.97 Å². The number of thioether (sulfide) groups is 1. The summed E-state index contributed by atoms with van der Waals surface area (Å²) >= 11 is 1.89. The molecule has 0 saturated carbocycles. The molecule has 4 aromatic rings. The van der Waals surface area contributed by atoms with Crippen molar-refractivity contribution in [1.29, 1.82) is 0 Å². The van der Waals surface area contributed by atoms with E-state index in [1.54, 1.807) is 0 Å². The standard InChI is InChI=1S/C27H26O2S/c1-2-3-4-9-18-30-26-17-16-25(23-12-7-8-13-24(23)26)29-27(28)22-15-14-20-10-5-6-11-21(20)19-22/h5-8,10-17,19H,2-4,9,18H2,1H3. The van der Waals surface area contributed by atoms with Crippen LogP contribution in [0.4, 0.5) is 0 Å². The highest BCUT2D eigenvalue weighted by Gasteiger charge is 2.13. The summed E-state index contributed by atoms with van der Waals surface area (Å²) in [6.07, 6.45) is 5.06. The first kappa shape index (κ1) is 20.5. The molecular formula is C27H26O2S. The Morgan fingerprint density at radius 1 is 0.800 bits per heavy atom. The van der Waals surface area contributed by atoms with Gasteiger partial charge in [-0.1, -0.05) is 80.8 Å². The lowest BCUT2D eigenvalue weighted by molar-refractivity contribution is 0.0737. The molecule has 0 aromatic heterocycles. The maximum Gasteiger partial charge on any atom is 0.343 e. The van der Waals surface area contributed by atoms with Crippen LogP contribution in [0.15, 0.2) is 83.8 Å². The first-order chi connectivity index (χ1) is 14.8. The third-order valence-electron chi connectivity index (χ3n) is 5.29. The van der Waals surface area contributed by atoms with Gasteiger partial charge in [0.05, 0.1) is 5.56 Å². The van der Waals surface area contributed by atoms with Crippen LogP contribution in [0.25, 0.3) is 21.5 Å². The van der Waals surface area contributed by atoms with Crippen molar-refractivity contribution in [2.75, 3.05) is 5.75 Å². The van der Waals surface area contributed by atoms with Gasteiger partial charge in [-0.15, -0.1) is 11.8 Å². The second-order valence-electron chi connectivity index (χ2n) is 7.47. The van der Waals surface area contributed by atoms with Crippen LogP contribution < -0.4 is 4.74 Å².